The molecule has 0 fully saturated rings. The summed E-state index contributed by atoms with van der Waals surface area (Å²) in [7, 11) is 0. The topological polar surface area (TPSA) is 62.1 Å². The molecule has 0 bridgehead atoms. The maximum Gasteiger partial charge on any atom is 0.262 e. The number of halogens is 1. The lowest BCUT2D eigenvalue weighted by atomic mass is 10.0. The Morgan fingerprint density at radius 2 is 2.00 bits per heavy atom. The number of allylic oxidation sites excluding steroid dienone is 1. The monoisotopic (exact) mass is 394 g/mol. The Morgan fingerprint density at radius 1 is 1.29 bits per heavy atom. The van der Waals surface area contributed by atoms with Crippen molar-refractivity contribution in [3.05, 3.63) is 82.4 Å². The van der Waals surface area contributed by atoms with Crippen molar-refractivity contribution >= 4 is 23.6 Å². The van der Waals surface area contributed by atoms with Gasteiger partial charge in [-0.05, 0) is 67.3 Å². The average Bonchev–Trinajstić information content (AvgIpc) is 2.66. The maximum absolute atomic E-state index is 12.1. The van der Waals surface area contributed by atoms with Gasteiger partial charge in [0.2, 0.25) is 0 Å². The Bertz CT molecular complexity index is 909. The number of nitrogens with zero attached hydrogens (tertiary/aromatic N) is 1. The van der Waals surface area contributed by atoms with Crippen LogP contribution in [0.5, 0.6) is 5.75 Å². The number of hydrogen-bond acceptors (Lipinski definition) is 3. The molecule has 0 aliphatic heterocycles. The summed E-state index contributed by atoms with van der Waals surface area (Å²) in [5, 5.41) is 12.7. The number of amides is 1. The van der Waals surface area contributed by atoms with Crippen LogP contribution in [0, 0.1) is 11.3 Å². The molecule has 0 atom stereocenters. The van der Waals surface area contributed by atoms with Crippen molar-refractivity contribution < 1.29 is 9.53 Å². The molecule has 1 amide bonds. The molecule has 4 nitrogen and oxygen atoms in total. The van der Waals surface area contributed by atoms with Crippen LogP contribution in [-0.4, -0.2) is 11.9 Å². The van der Waals surface area contributed by atoms with Crippen molar-refractivity contribution in [2.45, 2.75) is 32.9 Å². The largest absolute Gasteiger partial charge is 0.489 e. The van der Waals surface area contributed by atoms with E-state index in [9.17, 15) is 10.1 Å². The normalized spacial score (nSPS) is 11.0. The highest BCUT2D eigenvalue weighted by Crippen LogP contribution is 2.24. The van der Waals surface area contributed by atoms with Gasteiger partial charge >= 0.3 is 0 Å². The van der Waals surface area contributed by atoms with Gasteiger partial charge < -0.3 is 10.1 Å². The Balaban J connectivity index is 2.22. The van der Waals surface area contributed by atoms with Gasteiger partial charge in [-0.15, -0.1) is 6.58 Å². The van der Waals surface area contributed by atoms with E-state index in [1.807, 2.05) is 62.4 Å². The second-order valence-electron chi connectivity index (χ2n) is 6.57. The van der Waals surface area contributed by atoms with Gasteiger partial charge in [-0.1, -0.05) is 35.9 Å². The molecule has 0 saturated carbocycles. The third-order valence-electron chi connectivity index (χ3n) is 3.85. The van der Waals surface area contributed by atoms with Gasteiger partial charge in [0, 0.05) is 11.1 Å². The number of nitriles is 1. The van der Waals surface area contributed by atoms with Crippen molar-refractivity contribution in [3.8, 4) is 11.8 Å². The highest BCUT2D eigenvalue weighted by Gasteiger charge is 2.11. The predicted octanol–water partition coefficient (Wildman–Crippen LogP) is 5.08. The van der Waals surface area contributed by atoms with Crippen LogP contribution in [0.3, 0.4) is 0 Å². The van der Waals surface area contributed by atoms with Crippen LogP contribution in [0.25, 0.3) is 6.08 Å². The quantitative estimate of drug-likeness (QED) is 0.386. The van der Waals surface area contributed by atoms with E-state index in [1.54, 1.807) is 12.2 Å². The van der Waals surface area contributed by atoms with E-state index < -0.39 is 0 Å². The number of carbonyl (C=O) groups is 1. The van der Waals surface area contributed by atoms with Crippen molar-refractivity contribution in [2.24, 2.45) is 0 Å². The molecule has 0 radical (unpaired) electrons. The number of ether oxygens (including phenoxy) is 1. The standard InChI is InChI=1S/C23H23ClN2O2/c1-4-5-19-12-18(13-20(14-25)23(27)26-16(2)3)8-11-22(19)28-15-17-6-9-21(24)10-7-17/h4,6-13,16H,1,5,15H2,2-3H3,(H,26,27)/b20-13-. The minimum absolute atomic E-state index is 0.0378. The number of hydrogen-bond donors (Lipinski definition) is 1. The van der Waals surface area contributed by atoms with Crippen molar-refractivity contribution in [1.29, 1.82) is 5.26 Å². The summed E-state index contributed by atoms with van der Waals surface area (Å²) in [5.41, 5.74) is 2.76. The highest BCUT2D eigenvalue weighted by molar-refractivity contribution is 6.30. The van der Waals surface area contributed by atoms with Crippen LogP contribution in [-0.2, 0) is 17.8 Å². The van der Waals surface area contributed by atoms with E-state index in [2.05, 4.69) is 11.9 Å². The van der Waals surface area contributed by atoms with Gasteiger partial charge in [0.05, 0.1) is 0 Å². The molecule has 0 aliphatic rings. The van der Waals surface area contributed by atoms with E-state index in [-0.39, 0.29) is 17.5 Å². The Hall–Kier alpha value is -3.03. The third kappa shape index (κ3) is 6.29. The summed E-state index contributed by atoms with van der Waals surface area (Å²) in [4.78, 5) is 12.1. The highest BCUT2D eigenvalue weighted by atomic mass is 35.5. The number of rotatable bonds is 8. The number of benzene rings is 2. The van der Waals surface area contributed by atoms with Crippen LogP contribution < -0.4 is 10.1 Å². The summed E-state index contributed by atoms with van der Waals surface area (Å²) < 4.78 is 5.95. The predicted molar refractivity (Wildman–Crippen MR) is 113 cm³/mol. The van der Waals surface area contributed by atoms with Gasteiger partial charge in [0.1, 0.15) is 24.0 Å². The Labute approximate surface area is 171 Å². The molecule has 144 valence electrons. The molecule has 2 aromatic rings. The first-order valence-corrected chi connectivity index (χ1v) is 9.34. The molecule has 5 heteroatoms. The first kappa shape index (κ1) is 21.3. The molecule has 2 rings (SSSR count). The Kier molecular flexibility index (Phi) is 7.86. The van der Waals surface area contributed by atoms with E-state index >= 15 is 0 Å². The van der Waals surface area contributed by atoms with Crippen LogP contribution in [0.4, 0.5) is 0 Å². The second-order valence-corrected chi connectivity index (χ2v) is 7.01. The van der Waals surface area contributed by atoms with Crippen LogP contribution in [0.1, 0.15) is 30.5 Å². The molecule has 0 aliphatic carbocycles. The molecular weight excluding hydrogens is 372 g/mol. The maximum atomic E-state index is 12.1. The fourth-order valence-electron chi connectivity index (χ4n) is 2.54. The van der Waals surface area contributed by atoms with Gasteiger partial charge in [0.15, 0.2) is 0 Å². The summed E-state index contributed by atoms with van der Waals surface area (Å²) in [6, 6.07) is 15.0. The van der Waals surface area contributed by atoms with E-state index in [0.29, 0.717) is 18.1 Å². The summed E-state index contributed by atoms with van der Waals surface area (Å²) in [6.45, 7) is 7.90. The molecule has 0 spiro atoms. The number of nitrogens with one attached hydrogen (secondary N) is 1. The lowest BCUT2D eigenvalue weighted by molar-refractivity contribution is -0.117. The average molecular weight is 395 g/mol. The fourth-order valence-corrected chi connectivity index (χ4v) is 2.67. The van der Waals surface area contributed by atoms with Crippen LogP contribution in [0.15, 0.2) is 60.7 Å². The van der Waals surface area contributed by atoms with Crippen LogP contribution >= 0.6 is 11.6 Å². The summed E-state index contributed by atoms with van der Waals surface area (Å²) >= 11 is 5.91. The van der Waals surface area contributed by atoms with Gasteiger partial charge in [-0.3, -0.25) is 4.79 Å². The van der Waals surface area contributed by atoms with Gasteiger partial charge in [-0.2, -0.15) is 5.26 Å². The van der Waals surface area contributed by atoms with E-state index in [4.69, 9.17) is 16.3 Å². The molecule has 1 N–H and O–H groups in total. The third-order valence-corrected chi connectivity index (χ3v) is 4.10. The molecule has 0 heterocycles. The van der Waals surface area contributed by atoms with Gasteiger partial charge in [-0.25, -0.2) is 0 Å². The molecule has 2 aromatic carbocycles. The van der Waals surface area contributed by atoms with Crippen molar-refractivity contribution in [3.63, 3.8) is 0 Å². The van der Waals surface area contributed by atoms with Crippen molar-refractivity contribution in [1.82, 2.24) is 5.32 Å². The lowest BCUT2D eigenvalue weighted by Crippen LogP contribution is -2.30. The minimum Gasteiger partial charge on any atom is -0.489 e. The first-order valence-electron chi connectivity index (χ1n) is 8.96. The molecular formula is C23H23ClN2O2. The fraction of sp³-hybridized carbons (Fsp3) is 0.217. The zero-order valence-electron chi connectivity index (χ0n) is 16.0. The molecule has 0 unspecified atom stereocenters. The minimum atomic E-state index is -0.383. The zero-order valence-corrected chi connectivity index (χ0v) is 16.8. The lowest BCUT2D eigenvalue weighted by Gasteiger charge is -2.12. The second kappa shape index (κ2) is 10.3. The first-order chi connectivity index (χ1) is 13.4. The SMILES string of the molecule is C=CCc1cc(/C=C(/C#N)C(=O)NC(C)C)ccc1OCc1ccc(Cl)cc1. The van der Waals surface area contributed by atoms with E-state index in [1.165, 1.54) is 0 Å². The Morgan fingerprint density at radius 3 is 2.61 bits per heavy atom. The molecule has 0 aromatic heterocycles. The summed E-state index contributed by atoms with van der Waals surface area (Å²) in [6.07, 6.45) is 3.97. The molecule has 0 saturated heterocycles. The van der Waals surface area contributed by atoms with Gasteiger partial charge in [0.25, 0.3) is 5.91 Å². The van der Waals surface area contributed by atoms with E-state index in [0.717, 1.165) is 22.4 Å². The summed E-state index contributed by atoms with van der Waals surface area (Å²) in [5.74, 6) is 0.350. The number of carbonyl (C=O) groups excluding carboxylic acids is 1. The smallest absolute Gasteiger partial charge is 0.262 e. The van der Waals surface area contributed by atoms with Crippen molar-refractivity contribution in [2.75, 3.05) is 0 Å². The zero-order chi connectivity index (χ0) is 20.5. The van der Waals surface area contributed by atoms with Crippen LogP contribution in [0.2, 0.25) is 5.02 Å². The molecule has 28 heavy (non-hydrogen) atoms.